The summed E-state index contributed by atoms with van der Waals surface area (Å²) in [7, 11) is -1.55. The van der Waals surface area contributed by atoms with Crippen molar-refractivity contribution in [1.29, 1.82) is 0 Å². The molecule has 0 N–H and O–H groups in total. The summed E-state index contributed by atoms with van der Waals surface area (Å²) in [6.45, 7) is 13.3. The van der Waals surface area contributed by atoms with Crippen molar-refractivity contribution in [3.05, 3.63) is 41.5 Å². The maximum absolute atomic E-state index is 6.20. The highest BCUT2D eigenvalue weighted by atomic mass is 32.2. The van der Waals surface area contributed by atoms with Crippen molar-refractivity contribution in [1.82, 2.24) is 0 Å². The molecule has 0 aliphatic carbocycles. The lowest BCUT2D eigenvalue weighted by atomic mass is 9.95. The molecule has 1 aromatic rings. The van der Waals surface area contributed by atoms with Crippen LogP contribution in [0.5, 0.6) is 0 Å². The first-order valence-electron chi connectivity index (χ1n) is 6.30. The van der Waals surface area contributed by atoms with Gasteiger partial charge in [0.2, 0.25) is 8.32 Å². The van der Waals surface area contributed by atoms with E-state index in [2.05, 4.69) is 70.1 Å². The van der Waals surface area contributed by atoms with E-state index in [9.17, 15) is 0 Å². The van der Waals surface area contributed by atoms with Gasteiger partial charge in [-0.3, -0.25) is 0 Å². The van der Waals surface area contributed by atoms with E-state index in [4.69, 9.17) is 4.43 Å². The monoisotopic (exact) mass is 280 g/mol. The first-order valence-corrected chi connectivity index (χ1v) is 10.6. The highest BCUT2D eigenvalue weighted by Gasteiger charge is 2.25. The Bertz CT molecular complexity index is 399. The average Bonchev–Trinajstić information content (AvgIpc) is 2.22. The van der Waals surface area contributed by atoms with Gasteiger partial charge in [0.15, 0.2) is 0 Å². The molecule has 0 aliphatic rings. The Hall–Kier alpha value is -0.673. The normalized spacial score (nSPS) is 13.6. The lowest BCUT2D eigenvalue weighted by Gasteiger charge is -2.30. The van der Waals surface area contributed by atoms with Gasteiger partial charge < -0.3 is 4.43 Å². The van der Waals surface area contributed by atoms with Gasteiger partial charge in [-0.1, -0.05) is 50.7 Å². The molecular formula is C15H24OSSi. The molecule has 0 aromatic heterocycles. The maximum atomic E-state index is 6.20. The molecular weight excluding hydrogens is 256 g/mol. The fraction of sp³-hybridized carbons (Fsp3) is 0.467. The van der Waals surface area contributed by atoms with Crippen LogP contribution in [0.2, 0.25) is 19.6 Å². The Morgan fingerprint density at radius 3 is 2.11 bits per heavy atom. The van der Waals surface area contributed by atoms with E-state index >= 15 is 0 Å². The number of thioether (sulfide) groups is 1. The summed E-state index contributed by atoms with van der Waals surface area (Å²) >= 11 is 1.73. The predicted octanol–water partition coefficient (Wildman–Crippen LogP) is 5.52. The third kappa shape index (κ3) is 5.78. The fourth-order valence-electron chi connectivity index (χ4n) is 1.30. The number of rotatable bonds is 4. The molecule has 3 heteroatoms. The molecule has 0 saturated heterocycles. The van der Waals surface area contributed by atoms with Crippen molar-refractivity contribution in [3.8, 4) is 0 Å². The Morgan fingerprint density at radius 1 is 1.11 bits per heavy atom. The van der Waals surface area contributed by atoms with Gasteiger partial charge in [-0.25, -0.2) is 0 Å². The second-order valence-corrected chi connectivity index (χ2v) is 11.7. The molecule has 0 saturated carbocycles. The Labute approximate surface area is 117 Å². The molecule has 0 spiro atoms. The van der Waals surface area contributed by atoms with Crippen LogP contribution in [-0.4, -0.2) is 8.32 Å². The van der Waals surface area contributed by atoms with Crippen LogP contribution in [0.25, 0.3) is 0 Å². The molecule has 0 bridgehead atoms. The summed E-state index contributed by atoms with van der Waals surface area (Å²) in [4.78, 5) is 1.25. The quantitative estimate of drug-likeness (QED) is 0.408. The number of hydrogen-bond donors (Lipinski definition) is 0. The van der Waals surface area contributed by atoms with Crippen LogP contribution in [0.3, 0.4) is 0 Å². The third-order valence-electron chi connectivity index (χ3n) is 2.20. The first-order chi connectivity index (χ1) is 8.18. The standard InChI is InChI=1S/C15H24OSSi/c1-15(2,3)14(16-18(4,5)6)12-17-13-10-8-7-9-11-13/h7-12H,1-6H3. The minimum absolute atomic E-state index is 0.0576. The van der Waals surface area contributed by atoms with Crippen molar-refractivity contribution in [2.24, 2.45) is 5.41 Å². The Morgan fingerprint density at radius 2 is 1.67 bits per heavy atom. The van der Waals surface area contributed by atoms with Crippen LogP contribution in [-0.2, 0) is 4.43 Å². The molecule has 0 atom stereocenters. The van der Waals surface area contributed by atoms with Crippen molar-refractivity contribution in [3.63, 3.8) is 0 Å². The molecule has 18 heavy (non-hydrogen) atoms. The van der Waals surface area contributed by atoms with E-state index in [1.165, 1.54) is 4.90 Å². The molecule has 1 aromatic carbocycles. The summed E-state index contributed by atoms with van der Waals surface area (Å²) in [5.41, 5.74) is 0.0576. The van der Waals surface area contributed by atoms with Crippen LogP contribution < -0.4 is 0 Å². The van der Waals surface area contributed by atoms with Gasteiger partial charge in [-0.15, -0.1) is 0 Å². The van der Waals surface area contributed by atoms with Crippen LogP contribution in [0, 0.1) is 5.41 Å². The van der Waals surface area contributed by atoms with Crippen LogP contribution in [0.1, 0.15) is 20.8 Å². The van der Waals surface area contributed by atoms with Gasteiger partial charge in [0, 0.05) is 15.7 Å². The van der Waals surface area contributed by atoms with Gasteiger partial charge >= 0.3 is 0 Å². The number of benzene rings is 1. The van der Waals surface area contributed by atoms with E-state index in [0.717, 1.165) is 5.76 Å². The van der Waals surface area contributed by atoms with Crippen molar-refractivity contribution in [2.75, 3.05) is 0 Å². The fourth-order valence-corrected chi connectivity index (χ4v) is 3.37. The minimum atomic E-state index is -1.55. The third-order valence-corrected chi connectivity index (χ3v) is 3.91. The zero-order chi connectivity index (χ0) is 13.8. The second kappa shape index (κ2) is 5.98. The molecule has 0 fully saturated rings. The Kier molecular flexibility index (Phi) is 5.11. The van der Waals surface area contributed by atoms with Gasteiger partial charge in [0.25, 0.3) is 0 Å². The van der Waals surface area contributed by atoms with E-state index in [0.29, 0.717) is 0 Å². The van der Waals surface area contributed by atoms with Gasteiger partial charge in [0.05, 0.1) is 5.76 Å². The highest BCUT2D eigenvalue weighted by molar-refractivity contribution is 8.02. The van der Waals surface area contributed by atoms with E-state index in [1.807, 2.05) is 6.07 Å². The van der Waals surface area contributed by atoms with Gasteiger partial charge in [-0.05, 0) is 31.8 Å². The largest absolute Gasteiger partial charge is 0.546 e. The maximum Gasteiger partial charge on any atom is 0.241 e. The minimum Gasteiger partial charge on any atom is -0.546 e. The zero-order valence-electron chi connectivity index (χ0n) is 12.3. The molecule has 0 radical (unpaired) electrons. The average molecular weight is 281 g/mol. The Balaban J connectivity index is 2.84. The van der Waals surface area contributed by atoms with E-state index in [1.54, 1.807) is 11.8 Å². The summed E-state index contributed by atoms with van der Waals surface area (Å²) in [6, 6.07) is 10.4. The van der Waals surface area contributed by atoms with Gasteiger partial charge in [-0.2, -0.15) is 0 Å². The molecule has 1 rings (SSSR count). The molecule has 0 amide bonds. The molecule has 0 aliphatic heterocycles. The smallest absolute Gasteiger partial charge is 0.241 e. The lowest BCUT2D eigenvalue weighted by molar-refractivity contribution is 0.291. The van der Waals surface area contributed by atoms with Crippen LogP contribution in [0.4, 0.5) is 0 Å². The van der Waals surface area contributed by atoms with Crippen molar-refractivity contribution < 1.29 is 4.43 Å². The van der Waals surface area contributed by atoms with E-state index < -0.39 is 8.32 Å². The highest BCUT2D eigenvalue weighted by Crippen LogP contribution is 2.33. The molecule has 100 valence electrons. The summed E-state index contributed by atoms with van der Waals surface area (Å²) in [6.07, 6.45) is 0. The van der Waals surface area contributed by atoms with Crippen LogP contribution in [0.15, 0.2) is 46.4 Å². The van der Waals surface area contributed by atoms with Crippen molar-refractivity contribution >= 4 is 20.1 Å². The molecule has 1 nitrogen and oxygen atoms in total. The first kappa shape index (κ1) is 15.4. The molecule has 0 unspecified atom stereocenters. The molecule has 0 heterocycles. The predicted molar refractivity (Wildman–Crippen MR) is 84.3 cm³/mol. The summed E-state index contributed by atoms with van der Waals surface area (Å²) < 4.78 is 6.20. The summed E-state index contributed by atoms with van der Waals surface area (Å²) in [5, 5.41) is 2.16. The summed E-state index contributed by atoms with van der Waals surface area (Å²) in [5.74, 6) is 1.09. The number of allylic oxidation sites excluding steroid dienone is 1. The zero-order valence-corrected chi connectivity index (χ0v) is 14.1. The van der Waals surface area contributed by atoms with Crippen molar-refractivity contribution in [2.45, 2.75) is 45.3 Å². The SMILES string of the molecule is CC(C)(C)C(=CSc1ccccc1)O[Si](C)(C)C. The topological polar surface area (TPSA) is 9.23 Å². The lowest BCUT2D eigenvalue weighted by Crippen LogP contribution is -2.29. The second-order valence-electron chi connectivity index (χ2n) is 6.38. The number of hydrogen-bond acceptors (Lipinski definition) is 2. The van der Waals surface area contributed by atoms with E-state index in [-0.39, 0.29) is 5.41 Å². The van der Waals surface area contributed by atoms with Crippen LogP contribution >= 0.6 is 11.8 Å². The van der Waals surface area contributed by atoms with Gasteiger partial charge in [0.1, 0.15) is 0 Å².